The van der Waals surface area contributed by atoms with Crippen LogP contribution in [0.3, 0.4) is 0 Å². The van der Waals surface area contributed by atoms with Crippen molar-refractivity contribution in [1.29, 1.82) is 0 Å². The lowest BCUT2D eigenvalue weighted by Gasteiger charge is -1.98. The summed E-state index contributed by atoms with van der Waals surface area (Å²) in [6.07, 6.45) is 0. The van der Waals surface area contributed by atoms with Crippen LogP contribution in [0.15, 0.2) is 18.2 Å². The molecule has 0 heterocycles. The molecule has 0 atom stereocenters. The van der Waals surface area contributed by atoms with Crippen molar-refractivity contribution in [3.8, 4) is 0 Å². The minimum absolute atomic E-state index is 0.143. The molecule has 0 aliphatic heterocycles. The van der Waals surface area contributed by atoms with Crippen LogP contribution in [0.4, 0.5) is 5.69 Å². The Bertz CT molecular complexity index is 316. The van der Waals surface area contributed by atoms with Gasteiger partial charge in [-0.15, -0.1) is 0 Å². The van der Waals surface area contributed by atoms with Crippen molar-refractivity contribution < 1.29 is 4.92 Å². The zero-order valence-electron chi connectivity index (χ0n) is 5.96. The molecule has 0 spiro atoms. The average Bonchev–Trinajstić information content (AvgIpc) is 2.04. The summed E-state index contributed by atoms with van der Waals surface area (Å²) in [6, 6.07) is 4.84. The highest BCUT2D eigenvalue weighted by Crippen LogP contribution is 2.21. The molecule has 0 fully saturated rings. The van der Waals surface area contributed by atoms with E-state index in [2.05, 4.69) is 38.5 Å². The smallest absolute Gasteiger partial charge is 0.258 e. The third-order valence-electron chi connectivity index (χ3n) is 1.39. The quantitative estimate of drug-likeness (QED) is 0.359. The zero-order valence-corrected chi connectivity index (χ0v) is 9.70. The van der Waals surface area contributed by atoms with Gasteiger partial charge in [-0.2, -0.15) is 0 Å². The normalized spacial score (nSPS) is 9.83. The summed E-state index contributed by atoms with van der Waals surface area (Å²) < 4.78 is 0.915. The summed E-state index contributed by atoms with van der Waals surface area (Å²) in [4.78, 5) is 9.95. The second kappa shape index (κ2) is 4.18. The summed E-state index contributed by atoms with van der Waals surface area (Å²) in [5, 5.41) is 11.1. The van der Waals surface area contributed by atoms with E-state index in [4.69, 9.17) is 0 Å². The number of hydrogen-bond acceptors (Lipinski definition) is 2. The molecule has 5 heteroatoms. The molecular formula is C7H5BrINO2. The van der Waals surface area contributed by atoms with Gasteiger partial charge in [-0.25, -0.2) is 0 Å². The van der Waals surface area contributed by atoms with E-state index in [1.807, 2.05) is 0 Å². The predicted octanol–water partition coefficient (Wildman–Crippen LogP) is 3.09. The first-order valence-electron chi connectivity index (χ1n) is 3.14. The van der Waals surface area contributed by atoms with Gasteiger partial charge in [-0.1, -0.05) is 22.0 Å². The number of nitrogens with zero attached hydrogens (tertiary/aromatic N) is 1. The highest BCUT2D eigenvalue weighted by Gasteiger charge is 2.07. The maximum Gasteiger partial charge on any atom is 0.270 e. The molecule has 0 unspecified atom stereocenters. The summed E-state index contributed by atoms with van der Waals surface area (Å²) in [6.45, 7) is 0. The van der Waals surface area contributed by atoms with Gasteiger partial charge in [0, 0.05) is 21.0 Å². The molecule has 3 nitrogen and oxygen atoms in total. The highest BCUT2D eigenvalue weighted by atomic mass is 127. The number of alkyl halides is 1. The molecule has 0 amide bonds. The van der Waals surface area contributed by atoms with Crippen molar-refractivity contribution in [2.75, 3.05) is 0 Å². The summed E-state index contributed by atoms with van der Waals surface area (Å²) >= 11 is 5.38. The van der Waals surface area contributed by atoms with E-state index in [1.165, 1.54) is 6.07 Å². The Balaban J connectivity index is 3.10. The van der Waals surface area contributed by atoms with Crippen LogP contribution in [0, 0.1) is 13.7 Å². The summed E-state index contributed by atoms with van der Waals surface area (Å²) in [7, 11) is 0. The van der Waals surface area contributed by atoms with Crippen LogP contribution in [0.1, 0.15) is 5.56 Å². The van der Waals surface area contributed by atoms with Crippen LogP contribution in [0.25, 0.3) is 0 Å². The number of nitro groups is 1. The predicted molar refractivity (Wildman–Crippen MR) is 58.4 cm³/mol. The zero-order chi connectivity index (χ0) is 9.14. The van der Waals surface area contributed by atoms with Crippen molar-refractivity contribution >= 4 is 44.2 Å². The maximum atomic E-state index is 10.3. The van der Waals surface area contributed by atoms with E-state index in [0.717, 1.165) is 14.5 Å². The van der Waals surface area contributed by atoms with Crippen molar-refractivity contribution in [2.24, 2.45) is 0 Å². The van der Waals surface area contributed by atoms with Crippen LogP contribution in [-0.4, -0.2) is 4.92 Å². The minimum Gasteiger partial charge on any atom is -0.258 e. The van der Waals surface area contributed by atoms with Crippen LogP contribution in [-0.2, 0) is 5.33 Å². The van der Waals surface area contributed by atoms with Crippen LogP contribution in [0.5, 0.6) is 0 Å². The molecule has 0 saturated carbocycles. The fourth-order valence-corrected chi connectivity index (χ4v) is 2.46. The molecule has 0 saturated heterocycles. The first-order valence-corrected chi connectivity index (χ1v) is 5.34. The van der Waals surface area contributed by atoms with Gasteiger partial charge in [0.25, 0.3) is 5.69 Å². The standard InChI is InChI=1S/C7H5BrINO2/c8-4-5-1-2-6(10(11)12)3-7(5)9/h1-3H,4H2. The molecule has 1 rings (SSSR count). The van der Waals surface area contributed by atoms with Crippen LogP contribution >= 0.6 is 38.5 Å². The van der Waals surface area contributed by atoms with E-state index in [1.54, 1.807) is 12.1 Å². The van der Waals surface area contributed by atoms with E-state index in [9.17, 15) is 10.1 Å². The molecule has 0 N–H and O–H groups in total. The molecule has 0 aliphatic carbocycles. The number of non-ortho nitro benzene ring substituents is 1. The lowest BCUT2D eigenvalue weighted by atomic mass is 10.2. The Labute approximate surface area is 91.6 Å². The Morgan fingerprint density at radius 3 is 2.67 bits per heavy atom. The molecule has 0 bridgehead atoms. The Hall–Kier alpha value is -0.170. The number of hydrogen-bond donors (Lipinski definition) is 0. The molecule has 0 aromatic heterocycles. The van der Waals surface area contributed by atoms with Gasteiger partial charge >= 0.3 is 0 Å². The van der Waals surface area contributed by atoms with Gasteiger partial charge in [0.2, 0.25) is 0 Å². The number of nitro benzene ring substituents is 1. The summed E-state index contributed by atoms with van der Waals surface area (Å²) in [5.41, 5.74) is 1.21. The monoisotopic (exact) mass is 341 g/mol. The third kappa shape index (κ3) is 2.16. The third-order valence-corrected chi connectivity index (χ3v) is 3.00. The average molecular weight is 342 g/mol. The second-order valence-electron chi connectivity index (χ2n) is 2.17. The fourth-order valence-electron chi connectivity index (χ4n) is 0.758. The lowest BCUT2D eigenvalue weighted by molar-refractivity contribution is -0.385. The first-order chi connectivity index (χ1) is 5.65. The van der Waals surface area contributed by atoms with Gasteiger partial charge in [0.15, 0.2) is 0 Å². The first kappa shape index (κ1) is 9.91. The van der Waals surface area contributed by atoms with E-state index in [-0.39, 0.29) is 10.6 Å². The molecule has 0 aliphatic rings. The maximum absolute atomic E-state index is 10.3. The van der Waals surface area contributed by atoms with E-state index >= 15 is 0 Å². The molecule has 64 valence electrons. The number of benzene rings is 1. The molecule has 0 radical (unpaired) electrons. The Morgan fingerprint density at radius 1 is 1.58 bits per heavy atom. The van der Waals surface area contributed by atoms with Crippen molar-refractivity contribution in [3.63, 3.8) is 0 Å². The minimum atomic E-state index is -0.389. The van der Waals surface area contributed by atoms with Gasteiger partial charge < -0.3 is 0 Å². The van der Waals surface area contributed by atoms with Crippen LogP contribution < -0.4 is 0 Å². The molecule has 1 aromatic carbocycles. The van der Waals surface area contributed by atoms with Gasteiger partial charge in [-0.05, 0) is 28.2 Å². The van der Waals surface area contributed by atoms with Crippen molar-refractivity contribution in [3.05, 3.63) is 37.4 Å². The van der Waals surface area contributed by atoms with Gasteiger partial charge in [-0.3, -0.25) is 10.1 Å². The van der Waals surface area contributed by atoms with E-state index < -0.39 is 0 Å². The number of rotatable bonds is 2. The fraction of sp³-hybridized carbons (Fsp3) is 0.143. The SMILES string of the molecule is O=[N+]([O-])c1ccc(CBr)c(I)c1. The topological polar surface area (TPSA) is 43.1 Å². The highest BCUT2D eigenvalue weighted by molar-refractivity contribution is 14.1. The number of halogens is 2. The van der Waals surface area contributed by atoms with Gasteiger partial charge in [0.1, 0.15) is 0 Å². The molecule has 1 aromatic rings. The Kier molecular flexibility index (Phi) is 3.45. The van der Waals surface area contributed by atoms with Crippen molar-refractivity contribution in [2.45, 2.75) is 5.33 Å². The lowest BCUT2D eigenvalue weighted by Crippen LogP contribution is -1.90. The summed E-state index contributed by atoms with van der Waals surface area (Å²) in [5.74, 6) is 0. The van der Waals surface area contributed by atoms with Gasteiger partial charge in [0.05, 0.1) is 4.92 Å². The van der Waals surface area contributed by atoms with E-state index in [0.29, 0.717) is 0 Å². The largest absolute Gasteiger partial charge is 0.270 e. The molecule has 12 heavy (non-hydrogen) atoms. The van der Waals surface area contributed by atoms with Crippen LogP contribution in [0.2, 0.25) is 0 Å². The molecular weight excluding hydrogens is 337 g/mol. The van der Waals surface area contributed by atoms with Crippen molar-refractivity contribution in [1.82, 2.24) is 0 Å². The Morgan fingerprint density at radius 2 is 2.25 bits per heavy atom. The second-order valence-corrected chi connectivity index (χ2v) is 3.89.